The van der Waals surface area contributed by atoms with Crippen LogP contribution in [0.4, 0.5) is 0 Å². The van der Waals surface area contributed by atoms with Crippen LogP contribution >= 0.6 is 0 Å². The zero-order valence-corrected chi connectivity index (χ0v) is 14.0. The average Bonchev–Trinajstić information content (AvgIpc) is 3.22. The van der Waals surface area contributed by atoms with Gasteiger partial charge < -0.3 is 19.7 Å². The van der Waals surface area contributed by atoms with Crippen LogP contribution in [0.25, 0.3) is 0 Å². The molecule has 2 fully saturated rings. The van der Waals surface area contributed by atoms with Crippen molar-refractivity contribution in [2.45, 2.75) is 26.3 Å². The SMILES string of the molecule is CCNC(=NCc1ccc(OC)nc1)N1CCC2(CCOC2)C1. The molecule has 2 aliphatic rings. The maximum absolute atomic E-state index is 5.61. The van der Waals surface area contributed by atoms with Gasteiger partial charge in [0.2, 0.25) is 5.88 Å². The number of likely N-dealkylation sites (tertiary alicyclic amines) is 1. The van der Waals surface area contributed by atoms with Gasteiger partial charge in [0.25, 0.3) is 0 Å². The molecule has 1 atom stereocenters. The summed E-state index contributed by atoms with van der Waals surface area (Å²) in [6, 6.07) is 3.88. The standard InChI is InChI=1S/C17H26N4O2/c1-3-18-16(20-11-14-4-5-15(22-2)19-10-14)21-8-6-17(12-21)7-9-23-13-17/h4-5,10H,3,6-9,11-13H2,1-2H3,(H,18,20). The Hall–Kier alpha value is -1.82. The molecule has 2 saturated heterocycles. The Morgan fingerprint density at radius 1 is 1.48 bits per heavy atom. The molecule has 0 aliphatic carbocycles. The molecule has 1 N–H and O–H groups in total. The number of guanidine groups is 1. The van der Waals surface area contributed by atoms with Crippen molar-refractivity contribution in [1.82, 2.24) is 15.2 Å². The van der Waals surface area contributed by atoms with E-state index in [0.717, 1.165) is 44.4 Å². The Morgan fingerprint density at radius 3 is 3.04 bits per heavy atom. The molecule has 23 heavy (non-hydrogen) atoms. The van der Waals surface area contributed by atoms with Crippen molar-refractivity contribution in [2.24, 2.45) is 10.4 Å². The third kappa shape index (κ3) is 3.75. The highest BCUT2D eigenvalue weighted by molar-refractivity contribution is 5.80. The molecular formula is C17H26N4O2. The van der Waals surface area contributed by atoms with E-state index >= 15 is 0 Å². The summed E-state index contributed by atoms with van der Waals surface area (Å²) in [7, 11) is 1.62. The first-order chi connectivity index (χ1) is 11.2. The molecule has 1 spiro atoms. The van der Waals surface area contributed by atoms with E-state index in [4.69, 9.17) is 14.5 Å². The van der Waals surface area contributed by atoms with E-state index in [1.54, 1.807) is 7.11 Å². The normalized spacial score (nSPS) is 24.4. The number of methoxy groups -OCH3 is 1. The molecule has 3 heterocycles. The second kappa shape index (κ2) is 7.17. The molecule has 1 aromatic heterocycles. The molecule has 6 nitrogen and oxygen atoms in total. The molecule has 0 bridgehead atoms. The summed E-state index contributed by atoms with van der Waals surface area (Å²) in [4.78, 5) is 11.4. The Kier molecular flexibility index (Phi) is 5.00. The average molecular weight is 318 g/mol. The lowest BCUT2D eigenvalue weighted by atomic mass is 9.87. The molecule has 2 aliphatic heterocycles. The number of nitrogens with one attached hydrogen (secondary N) is 1. The molecular weight excluding hydrogens is 292 g/mol. The summed E-state index contributed by atoms with van der Waals surface area (Å²) in [6.45, 7) is 7.49. The highest BCUT2D eigenvalue weighted by Crippen LogP contribution is 2.38. The minimum Gasteiger partial charge on any atom is -0.481 e. The maximum atomic E-state index is 5.61. The highest BCUT2D eigenvalue weighted by atomic mass is 16.5. The van der Waals surface area contributed by atoms with Gasteiger partial charge in [0, 0.05) is 43.9 Å². The minimum atomic E-state index is 0.345. The molecule has 0 saturated carbocycles. The number of ether oxygens (including phenoxy) is 2. The van der Waals surface area contributed by atoms with E-state index in [2.05, 4.69) is 22.1 Å². The van der Waals surface area contributed by atoms with Crippen molar-refractivity contribution in [3.63, 3.8) is 0 Å². The van der Waals surface area contributed by atoms with Gasteiger partial charge in [0.15, 0.2) is 5.96 Å². The second-order valence-corrected chi connectivity index (χ2v) is 6.35. The number of nitrogens with zero attached hydrogens (tertiary/aromatic N) is 3. The van der Waals surface area contributed by atoms with Crippen LogP contribution in [-0.4, -0.2) is 55.8 Å². The topological polar surface area (TPSA) is 59.0 Å². The van der Waals surface area contributed by atoms with Gasteiger partial charge in [0.05, 0.1) is 20.3 Å². The van der Waals surface area contributed by atoms with Crippen LogP contribution in [0.5, 0.6) is 5.88 Å². The van der Waals surface area contributed by atoms with E-state index in [1.807, 2.05) is 18.3 Å². The molecule has 0 aromatic carbocycles. The van der Waals surface area contributed by atoms with E-state index in [9.17, 15) is 0 Å². The van der Waals surface area contributed by atoms with Crippen LogP contribution in [0.15, 0.2) is 23.3 Å². The predicted molar refractivity (Wildman–Crippen MR) is 89.7 cm³/mol. The monoisotopic (exact) mass is 318 g/mol. The van der Waals surface area contributed by atoms with E-state index in [-0.39, 0.29) is 0 Å². The first-order valence-corrected chi connectivity index (χ1v) is 8.35. The van der Waals surface area contributed by atoms with Crippen LogP contribution in [0, 0.1) is 5.41 Å². The Labute approximate surface area is 137 Å². The van der Waals surface area contributed by atoms with E-state index in [0.29, 0.717) is 17.8 Å². The van der Waals surface area contributed by atoms with Gasteiger partial charge >= 0.3 is 0 Å². The van der Waals surface area contributed by atoms with Gasteiger partial charge in [-0.25, -0.2) is 9.98 Å². The summed E-state index contributed by atoms with van der Waals surface area (Å²) in [5.74, 6) is 1.62. The number of pyridine rings is 1. The largest absolute Gasteiger partial charge is 0.481 e. The van der Waals surface area contributed by atoms with Crippen molar-refractivity contribution in [1.29, 1.82) is 0 Å². The van der Waals surface area contributed by atoms with Crippen molar-refractivity contribution in [3.8, 4) is 5.88 Å². The van der Waals surface area contributed by atoms with Crippen molar-refractivity contribution >= 4 is 5.96 Å². The first kappa shape index (κ1) is 16.1. The number of aromatic nitrogens is 1. The van der Waals surface area contributed by atoms with E-state index < -0.39 is 0 Å². The molecule has 1 aromatic rings. The zero-order chi connectivity index (χ0) is 16.1. The van der Waals surface area contributed by atoms with E-state index in [1.165, 1.54) is 12.8 Å². The van der Waals surface area contributed by atoms with Crippen molar-refractivity contribution in [2.75, 3.05) is 40.0 Å². The summed E-state index contributed by atoms with van der Waals surface area (Å²) in [5, 5.41) is 3.41. The molecule has 126 valence electrons. The van der Waals surface area contributed by atoms with Gasteiger partial charge in [0.1, 0.15) is 0 Å². The van der Waals surface area contributed by atoms with Gasteiger partial charge in [-0.15, -0.1) is 0 Å². The second-order valence-electron chi connectivity index (χ2n) is 6.35. The summed E-state index contributed by atoms with van der Waals surface area (Å²) in [5.41, 5.74) is 1.43. The fraction of sp³-hybridized carbons (Fsp3) is 0.647. The summed E-state index contributed by atoms with van der Waals surface area (Å²) < 4.78 is 10.7. The Bertz CT molecular complexity index is 538. The number of rotatable bonds is 4. The fourth-order valence-electron chi connectivity index (χ4n) is 3.30. The number of hydrogen-bond acceptors (Lipinski definition) is 4. The third-order valence-electron chi connectivity index (χ3n) is 4.68. The van der Waals surface area contributed by atoms with Crippen LogP contribution in [0.3, 0.4) is 0 Å². The van der Waals surface area contributed by atoms with Crippen molar-refractivity contribution < 1.29 is 9.47 Å². The highest BCUT2D eigenvalue weighted by Gasteiger charge is 2.42. The smallest absolute Gasteiger partial charge is 0.212 e. The van der Waals surface area contributed by atoms with Crippen LogP contribution in [0.1, 0.15) is 25.3 Å². The predicted octanol–water partition coefficient (Wildman–Crippen LogP) is 1.67. The maximum Gasteiger partial charge on any atom is 0.212 e. The molecule has 1 unspecified atom stereocenters. The Balaban J connectivity index is 1.65. The third-order valence-corrected chi connectivity index (χ3v) is 4.68. The zero-order valence-electron chi connectivity index (χ0n) is 14.0. The van der Waals surface area contributed by atoms with Crippen LogP contribution in [-0.2, 0) is 11.3 Å². The number of hydrogen-bond donors (Lipinski definition) is 1. The molecule has 6 heteroatoms. The van der Waals surface area contributed by atoms with Crippen LogP contribution in [0.2, 0.25) is 0 Å². The fourth-order valence-corrected chi connectivity index (χ4v) is 3.30. The quantitative estimate of drug-likeness (QED) is 0.676. The van der Waals surface area contributed by atoms with Crippen molar-refractivity contribution in [3.05, 3.63) is 23.9 Å². The summed E-state index contributed by atoms with van der Waals surface area (Å²) in [6.07, 6.45) is 4.19. The van der Waals surface area contributed by atoms with Gasteiger partial charge in [-0.2, -0.15) is 0 Å². The molecule has 3 rings (SSSR count). The summed E-state index contributed by atoms with van der Waals surface area (Å²) >= 11 is 0. The molecule has 0 radical (unpaired) electrons. The lowest BCUT2D eigenvalue weighted by Crippen LogP contribution is -2.41. The number of aliphatic imine (C=N–C) groups is 1. The van der Waals surface area contributed by atoms with Gasteiger partial charge in [-0.3, -0.25) is 0 Å². The van der Waals surface area contributed by atoms with Crippen LogP contribution < -0.4 is 10.1 Å². The first-order valence-electron chi connectivity index (χ1n) is 8.35. The minimum absolute atomic E-state index is 0.345. The van der Waals surface area contributed by atoms with Gasteiger partial charge in [-0.1, -0.05) is 6.07 Å². The Morgan fingerprint density at radius 2 is 2.39 bits per heavy atom. The lowest BCUT2D eigenvalue weighted by Gasteiger charge is -2.25. The van der Waals surface area contributed by atoms with Gasteiger partial charge in [-0.05, 0) is 25.3 Å². The molecule has 0 amide bonds. The lowest BCUT2D eigenvalue weighted by molar-refractivity contribution is 0.156.